The van der Waals surface area contributed by atoms with Crippen LogP contribution in [0.2, 0.25) is 0 Å². The van der Waals surface area contributed by atoms with Crippen molar-refractivity contribution < 1.29 is 4.74 Å². The van der Waals surface area contributed by atoms with E-state index in [1.54, 1.807) is 0 Å². The fourth-order valence-corrected chi connectivity index (χ4v) is 14.9. The van der Waals surface area contributed by atoms with Crippen LogP contribution < -0.4 is 19.4 Å². The molecule has 0 aliphatic carbocycles. The van der Waals surface area contributed by atoms with Crippen LogP contribution in [0.5, 0.6) is 11.5 Å². The molecule has 17 aromatic carbocycles. The molecule has 17 aromatic rings. The first-order valence-corrected chi connectivity index (χ1v) is 33.5. The van der Waals surface area contributed by atoms with Crippen LogP contribution in [0.15, 0.2) is 322 Å². The van der Waals surface area contributed by atoms with Gasteiger partial charge < -0.3 is 19.4 Å². The number of nitrogens with zero attached hydrogens (tertiary/aromatic N) is 3. The lowest BCUT2D eigenvalue weighted by atomic mass is 9.86. The highest BCUT2D eigenvalue weighted by atomic mass is 16.5. The zero-order valence-electron chi connectivity index (χ0n) is 54.8. The predicted molar refractivity (Wildman–Crippen MR) is 412 cm³/mol. The Morgan fingerprint density at radius 2 is 0.427 bits per heavy atom. The Labute approximate surface area is 560 Å². The monoisotopic (exact) mass is 1230 g/mol. The number of para-hydroxylation sites is 2. The highest BCUT2D eigenvalue weighted by Crippen LogP contribution is 2.49. The van der Waals surface area contributed by atoms with Crippen molar-refractivity contribution in [2.45, 2.75) is 52.4 Å². The molecule has 0 bridgehead atoms. The molecule has 0 heterocycles. The molecule has 0 atom stereocenters. The number of anilines is 9. The predicted octanol–water partition coefficient (Wildman–Crippen LogP) is 26.9. The fourth-order valence-electron chi connectivity index (χ4n) is 14.9. The zero-order chi connectivity index (χ0) is 64.8. The molecule has 0 aromatic heterocycles. The standard InChI is InChI=1S/C92H71N3O/c1-91(2,3)60-50-68(93(62-26-9-7-10-27-62)65-44-47-85-79-38-16-13-32-73(79)76-35-19-22-41-82(76)88(85)57-65)54-69(51-60)95(67-46-49-87-81-40-18-15-34-75(81)78-37-21-24-43-84(78)90(87)59-67)64-30-25-31-71(55-64)96-72-53-61(92(4,5)6)52-70(56-72)94(63-28-11-8-12-29-63)66-45-48-86-80-39-17-14-33-74(80)77-36-20-23-42-83(77)89(86)58-66/h7-59H,1-6H3. The summed E-state index contributed by atoms with van der Waals surface area (Å²) in [6.07, 6.45) is 0. The Hall–Kier alpha value is -11.7. The molecule has 4 nitrogen and oxygen atoms in total. The lowest BCUT2D eigenvalue weighted by Gasteiger charge is -2.32. The highest BCUT2D eigenvalue weighted by Gasteiger charge is 2.27. The van der Waals surface area contributed by atoms with E-state index in [0.717, 1.165) is 68.2 Å². The number of ether oxygens (including phenoxy) is 1. The summed E-state index contributed by atoms with van der Waals surface area (Å²) in [5, 5.41) is 22.2. The molecule has 0 fully saturated rings. The summed E-state index contributed by atoms with van der Waals surface area (Å²) >= 11 is 0. The Morgan fingerprint density at radius 1 is 0.177 bits per heavy atom. The van der Waals surface area contributed by atoms with Crippen molar-refractivity contribution in [3.63, 3.8) is 0 Å². The van der Waals surface area contributed by atoms with E-state index in [2.05, 4.69) is 378 Å². The van der Waals surface area contributed by atoms with Gasteiger partial charge in [0.2, 0.25) is 0 Å². The SMILES string of the molecule is CC(C)(C)c1cc(Oc2cccc(N(c3cc(N(c4ccccc4)c4ccc5c6ccccc6c6ccccc6c5c4)cc(C(C)(C)C)c3)c3ccc4c5ccccc5c5ccccc5c4c3)c2)cc(N(c2ccccc2)c2ccc3c4ccccc4c4ccccc4c3c2)c1. The Balaban J connectivity index is 0.852. The summed E-state index contributed by atoms with van der Waals surface area (Å²) in [5.74, 6) is 1.46. The van der Waals surface area contributed by atoms with E-state index in [9.17, 15) is 0 Å². The van der Waals surface area contributed by atoms with Gasteiger partial charge in [0.25, 0.3) is 0 Å². The molecule has 0 amide bonds. The van der Waals surface area contributed by atoms with Gasteiger partial charge in [0, 0.05) is 57.6 Å². The molecule has 0 saturated heterocycles. The van der Waals surface area contributed by atoms with E-state index in [0.29, 0.717) is 0 Å². The number of benzene rings is 17. The first kappa shape index (κ1) is 58.1. The molecular weight excluding hydrogens is 1160 g/mol. The first-order chi connectivity index (χ1) is 46.9. The van der Waals surface area contributed by atoms with E-state index >= 15 is 0 Å². The van der Waals surface area contributed by atoms with Gasteiger partial charge in [-0.1, -0.05) is 248 Å². The Morgan fingerprint density at radius 3 is 0.760 bits per heavy atom. The summed E-state index contributed by atoms with van der Waals surface area (Å²) in [7, 11) is 0. The number of hydrogen-bond acceptors (Lipinski definition) is 4. The summed E-state index contributed by atoms with van der Waals surface area (Å²) in [6.45, 7) is 13.8. The van der Waals surface area contributed by atoms with Gasteiger partial charge in [-0.2, -0.15) is 0 Å². The van der Waals surface area contributed by atoms with E-state index in [4.69, 9.17) is 4.74 Å². The van der Waals surface area contributed by atoms with Gasteiger partial charge in [0.15, 0.2) is 0 Å². The zero-order valence-corrected chi connectivity index (χ0v) is 54.8. The second-order valence-corrected chi connectivity index (χ2v) is 27.7. The van der Waals surface area contributed by atoms with Crippen LogP contribution >= 0.6 is 0 Å². The second-order valence-electron chi connectivity index (χ2n) is 27.7. The molecule has 17 rings (SSSR count). The highest BCUT2D eigenvalue weighted by molar-refractivity contribution is 6.28. The third-order valence-corrected chi connectivity index (χ3v) is 19.6. The molecule has 0 unspecified atom stereocenters. The quantitative estimate of drug-likeness (QED) is 0.120. The molecule has 0 saturated carbocycles. The van der Waals surface area contributed by atoms with Crippen molar-refractivity contribution in [1.82, 2.24) is 0 Å². The minimum atomic E-state index is -0.251. The normalized spacial score (nSPS) is 12.1. The van der Waals surface area contributed by atoms with E-state index < -0.39 is 0 Å². The first-order valence-electron chi connectivity index (χ1n) is 33.5. The van der Waals surface area contributed by atoms with Crippen LogP contribution in [0.1, 0.15) is 52.7 Å². The fraction of sp³-hybridized carbons (Fsp3) is 0.0870. The molecule has 96 heavy (non-hydrogen) atoms. The van der Waals surface area contributed by atoms with Crippen molar-refractivity contribution >= 4 is 148 Å². The van der Waals surface area contributed by atoms with Crippen molar-refractivity contribution in [2.75, 3.05) is 14.7 Å². The minimum Gasteiger partial charge on any atom is -0.457 e. The largest absolute Gasteiger partial charge is 0.457 e. The van der Waals surface area contributed by atoms with Gasteiger partial charge >= 0.3 is 0 Å². The summed E-state index contributed by atoms with van der Waals surface area (Å²) < 4.78 is 7.38. The molecule has 0 aliphatic heterocycles. The van der Waals surface area contributed by atoms with Gasteiger partial charge in [-0.25, -0.2) is 0 Å². The molecule has 0 spiro atoms. The average molecular weight is 1230 g/mol. The van der Waals surface area contributed by atoms with Crippen LogP contribution in [0.4, 0.5) is 51.2 Å². The van der Waals surface area contributed by atoms with Crippen LogP contribution in [-0.4, -0.2) is 0 Å². The van der Waals surface area contributed by atoms with Gasteiger partial charge in [-0.15, -0.1) is 0 Å². The van der Waals surface area contributed by atoms with Crippen molar-refractivity contribution in [3.8, 4) is 11.5 Å². The van der Waals surface area contributed by atoms with E-state index in [-0.39, 0.29) is 10.8 Å². The minimum absolute atomic E-state index is 0.225. The lowest BCUT2D eigenvalue weighted by molar-refractivity contribution is 0.479. The Kier molecular flexibility index (Phi) is 14.0. The van der Waals surface area contributed by atoms with E-state index in [1.165, 1.54) is 103 Å². The van der Waals surface area contributed by atoms with Crippen LogP contribution in [0.25, 0.3) is 97.0 Å². The van der Waals surface area contributed by atoms with Crippen molar-refractivity contribution in [1.29, 1.82) is 0 Å². The molecule has 0 aliphatic rings. The topological polar surface area (TPSA) is 19.0 Å². The van der Waals surface area contributed by atoms with Crippen molar-refractivity contribution in [2.24, 2.45) is 0 Å². The maximum Gasteiger partial charge on any atom is 0.129 e. The molecular formula is C92H71N3O. The number of rotatable bonds is 11. The van der Waals surface area contributed by atoms with Gasteiger partial charge in [0.05, 0.1) is 5.69 Å². The lowest BCUT2D eigenvalue weighted by Crippen LogP contribution is -2.17. The Bertz CT molecular complexity index is 5820. The third-order valence-electron chi connectivity index (χ3n) is 19.6. The van der Waals surface area contributed by atoms with E-state index in [1.807, 2.05) is 0 Å². The number of fused-ring (bicyclic) bond motifs is 18. The van der Waals surface area contributed by atoms with Gasteiger partial charge in [-0.3, -0.25) is 0 Å². The average Bonchev–Trinajstić information content (AvgIpc) is 0.758. The van der Waals surface area contributed by atoms with Crippen LogP contribution in [0.3, 0.4) is 0 Å². The molecule has 4 heteroatoms. The summed E-state index contributed by atoms with van der Waals surface area (Å²) in [5.41, 5.74) is 11.2. The maximum atomic E-state index is 7.38. The maximum absolute atomic E-state index is 7.38. The molecule has 0 radical (unpaired) electrons. The van der Waals surface area contributed by atoms with Gasteiger partial charge in [-0.05, 0) is 222 Å². The smallest absolute Gasteiger partial charge is 0.129 e. The summed E-state index contributed by atoms with van der Waals surface area (Å²) in [4.78, 5) is 7.27. The molecule has 460 valence electrons. The molecule has 0 N–H and O–H groups in total. The third kappa shape index (κ3) is 10.2. The second kappa shape index (κ2) is 23.1. The number of hydrogen-bond donors (Lipinski definition) is 0. The van der Waals surface area contributed by atoms with Crippen molar-refractivity contribution in [3.05, 3.63) is 333 Å². The summed E-state index contributed by atoms with van der Waals surface area (Å²) in [6, 6.07) is 118. The van der Waals surface area contributed by atoms with Crippen LogP contribution in [-0.2, 0) is 10.8 Å². The van der Waals surface area contributed by atoms with Gasteiger partial charge in [0.1, 0.15) is 11.5 Å². The van der Waals surface area contributed by atoms with Crippen LogP contribution in [0, 0.1) is 0 Å².